The van der Waals surface area contributed by atoms with E-state index >= 15 is 0 Å². The summed E-state index contributed by atoms with van der Waals surface area (Å²) in [4.78, 5) is 9.64. The molecule has 1 aromatic rings. The molecule has 1 aromatic heterocycles. The van der Waals surface area contributed by atoms with Crippen molar-refractivity contribution in [1.82, 2.24) is 15.2 Å². The van der Waals surface area contributed by atoms with Gasteiger partial charge in [-0.05, 0) is 59.3 Å². The summed E-state index contributed by atoms with van der Waals surface area (Å²) in [6.45, 7) is 14.1. The van der Waals surface area contributed by atoms with E-state index in [-0.39, 0.29) is 5.54 Å². The average Bonchev–Trinajstić information content (AvgIpc) is 2.61. The molecule has 1 N–H and O–H groups in total. The molecule has 0 bridgehead atoms. The summed E-state index contributed by atoms with van der Waals surface area (Å²) in [6.07, 6.45) is 1.21. The second kappa shape index (κ2) is 6.75. The van der Waals surface area contributed by atoms with Crippen molar-refractivity contribution < 1.29 is 0 Å². The van der Waals surface area contributed by atoms with Gasteiger partial charge in [0.1, 0.15) is 5.82 Å². The van der Waals surface area contributed by atoms with Crippen molar-refractivity contribution in [3.8, 4) is 0 Å². The van der Waals surface area contributed by atoms with E-state index in [0.29, 0.717) is 0 Å². The molecule has 0 amide bonds. The number of likely N-dealkylation sites (N-methyl/N-ethyl adjacent to an activating group) is 1. The van der Waals surface area contributed by atoms with Crippen LogP contribution < -0.4 is 10.2 Å². The van der Waals surface area contributed by atoms with Crippen LogP contribution in [0.15, 0.2) is 12.1 Å². The molecular formula is C17H30N4. The number of aryl methyl sites for hydroxylation is 1. The van der Waals surface area contributed by atoms with E-state index in [2.05, 4.69) is 62.0 Å². The minimum Gasteiger partial charge on any atom is -0.355 e. The van der Waals surface area contributed by atoms with E-state index in [1.54, 1.807) is 0 Å². The lowest BCUT2D eigenvalue weighted by molar-refractivity contribution is 0.360. The zero-order valence-electron chi connectivity index (χ0n) is 14.2. The Kier molecular flexibility index (Phi) is 5.22. The number of nitrogens with zero attached hydrogens (tertiary/aromatic N) is 3. The van der Waals surface area contributed by atoms with Crippen molar-refractivity contribution in [2.45, 2.75) is 46.2 Å². The van der Waals surface area contributed by atoms with Crippen molar-refractivity contribution in [2.75, 3.05) is 38.1 Å². The van der Waals surface area contributed by atoms with E-state index in [4.69, 9.17) is 4.98 Å². The first-order chi connectivity index (χ1) is 9.85. The topological polar surface area (TPSA) is 31.4 Å². The maximum absolute atomic E-state index is 4.83. The molecule has 1 aliphatic rings. The first kappa shape index (κ1) is 16.2. The van der Waals surface area contributed by atoms with E-state index in [0.717, 1.165) is 37.7 Å². The molecule has 1 aliphatic heterocycles. The Morgan fingerprint density at radius 3 is 2.57 bits per heavy atom. The fraction of sp³-hybridized carbons (Fsp3) is 0.706. The molecule has 4 heteroatoms. The zero-order chi connectivity index (χ0) is 15.5. The second-order valence-corrected chi connectivity index (χ2v) is 7.16. The van der Waals surface area contributed by atoms with Gasteiger partial charge in [0.2, 0.25) is 0 Å². The molecule has 0 saturated carbocycles. The van der Waals surface area contributed by atoms with Crippen LogP contribution in [0, 0.1) is 6.92 Å². The molecule has 0 radical (unpaired) electrons. The normalized spacial score (nSPS) is 17.9. The Morgan fingerprint density at radius 1 is 1.14 bits per heavy atom. The lowest BCUT2D eigenvalue weighted by Crippen LogP contribution is -2.35. The number of pyridine rings is 1. The molecular weight excluding hydrogens is 260 g/mol. The summed E-state index contributed by atoms with van der Waals surface area (Å²) in [5.41, 5.74) is 2.57. The maximum Gasteiger partial charge on any atom is 0.128 e. The van der Waals surface area contributed by atoms with Crippen LogP contribution in [-0.2, 0) is 6.54 Å². The third kappa shape index (κ3) is 4.97. The van der Waals surface area contributed by atoms with Crippen LogP contribution in [0.1, 0.15) is 38.4 Å². The number of hydrogen-bond donors (Lipinski definition) is 1. The van der Waals surface area contributed by atoms with E-state index < -0.39 is 0 Å². The van der Waals surface area contributed by atoms with Crippen LogP contribution in [0.25, 0.3) is 0 Å². The highest BCUT2D eigenvalue weighted by molar-refractivity contribution is 5.42. The monoisotopic (exact) mass is 290 g/mol. The molecule has 4 nitrogen and oxygen atoms in total. The van der Waals surface area contributed by atoms with Crippen LogP contribution in [0.2, 0.25) is 0 Å². The third-order valence-electron chi connectivity index (χ3n) is 4.03. The van der Waals surface area contributed by atoms with Gasteiger partial charge in [-0.2, -0.15) is 0 Å². The minimum absolute atomic E-state index is 0.139. The number of nitrogens with one attached hydrogen (secondary N) is 1. The molecule has 21 heavy (non-hydrogen) atoms. The van der Waals surface area contributed by atoms with Crippen LogP contribution in [0.3, 0.4) is 0 Å². The van der Waals surface area contributed by atoms with Crippen LogP contribution in [0.4, 0.5) is 5.82 Å². The quantitative estimate of drug-likeness (QED) is 0.926. The van der Waals surface area contributed by atoms with Gasteiger partial charge < -0.3 is 15.1 Å². The standard InChI is InChI=1S/C17H30N4/c1-14-15(13-18-17(2,3)4)7-8-16(19-14)21-10-6-9-20(5)11-12-21/h7-8,18H,6,9-13H2,1-5H3. The molecule has 2 rings (SSSR count). The van der Waals surface area contributed by atoms with Crippen LogP contribution in [0.5, 0.6) is 0 Å². The lowest BCUT2D eigenvalue weighted by Gasteiger charge is -2.24. The predicted octanol–water partition coefficient (Wildman–Crippen LogP) is 2.42. The smallest absolute Gasteiger partial charge is 0.128 e. The first-order valence-corrected chi connectivity index (χ1v) is 8.00. The molecule has 1 saturated heterocycles. The van der Waals surface area contributed by atoms with Crippen molar-refractivity contribution >= 4 is 5.82 Å². The highest BCUT2D eigenvalue weighted by Crippen LogP contribution is 2.17. The van der Waals surface area contributed by atoms with E-state index in [1.165, 1.54) is 18.5 Å². The molecule has 0 aliphatic carbocycles. The SMILES string of the molecule is Cc1nc(N2CCCN(C)CC2)ccc1CNC(C)(C)C. The molecule has 1 fully saturated rings. The van der Waals surface area contributed by atoms with Gasteiger partial charge in [-0.1, -0.05) is 6.07 Å². The van der Waals surface area contributed by atoms with Crippen LogP contribution in [-0.4, -0.2) is 48.6 Å². The number of rotatable bonds is 3. The Balaban J connectivity index is 2.04. The fourth-order valence-corrected chi connectivity index (χ4v) is 2.58. The summed E-state index contributed by atoms with van der Waals surface area (Å²) in [5.74, 6) is 1.13. The molecule has 118 valence electrons. The summed E-state index contributed by atoms with van der Waals surface area (Å²) in [6, 6.07) is 4.41. The van der Waals surface area contributed by atoms with Crippen molar-refractivity contribution in [3.63, 3.8) is 0 Å². The Bertz CT molecular complexity index is 464. The van der Waals surface area contributed by atoms with Gasteiger partial charge in [0.25, 0.3) is 0 Å². The minimum atomic E-state index is 0.139. The summed E-state index contributed by atoms with van der Waals surface area (Å²) < 4.78 is 0. The van der Waals surface area contributed by atoms with Gasteiger partial charge in [-0.25, -0.2) is 4.98 Å². The summed E-state index contributed by atoms with van der Waals surface area (Å²) in [7, 11) is 2.20. The first-order valence-electron chi connectivity index (χ1n) is 8.00. The van der Waals surface area contributed by atoms with Gasteiger partial charge in [-0.15, -0.1) is 0 Å². The number of hydrogen-bond acceptors (Lipinski definition) is 4. The fourth-order valence-electron chi connectivity index (χ4n) is 2.58. The van der Waals surface area contributed by atoms with Gasteiger partial charge in [0.05, 0.1) is 0 Å². The molecule has 2 heterocycles. The molecule has 0 spiro atoms. The van der Waals surface area contributed by atoms with E-state index in [1.807, 2.05) is 0 Å². The third-order valence-corrected chi connectivity index (χ3v) is 4.03. The summed E-state index contributed by atoms with van der Waals surface area (Å²) >= 11 is 0. The second-order valence-electron chi connectivity index (χ2n) is 7.16. The largest absolute Gasteiger partial charge is 0.355 e. The van der Waals surface area contributed by atoms with Crippen molar-refractivity contribution in [3.05, 3.63) is 23.4 Å². The predicted molar refractivity (Wildman–Crippen MR) is 89.9 cm³/mol. The Morgan fingerprint density at radius 2 is 1.90 bits per heavy atom. The van der Waals surface area contributed by atoms with Gasteiger partial charge >= 0.3 is 0 Å². The Hall–Kier alpha value is -1.13. The van der Waals surface area contributed by atoms with Gasteiger partial charge in [-0.3, -0.25) is 0 Å². The lowest BCUT2D eigenvalue weighted by atomic mass is 10.1. The van der Waals surface area contributed by atoms with Gasteiger partial charge in [0, 0.05) is 37.4 Å². The van der Waals surface area contributed by atoms with Crippen molar-refractivity contribution in [2.24, 2.45) is 0 Å². The highest BCUT2D eigenvalue weighted by atomic mass is 15.2. The Labute approximate surface area is 129 Å². The van der Waals surface area contributed by atoms with Crippen molar-refractivity contribution in [1.29, 1.82) is 0 Å². The molecule has 0 aromatic carbocycles. The highest BCUT2D eigenvalue weighted by Gasteiger charge is 2.15. The number of aromatic nitrogens is 1. The van der Waals surface area contributed by atoms with Gasteiger partial charge in [0.15, 0.2) is 0 Å². The zero-order valence-corrected chi connectivity index (χ0v) is 14.2. The average molecular weight is 290 g/mol. The number of anilines is 1. The van der Waals surface area contributed by atoms with E-state index in [9.17, 15) is 0 Å². The maximum atomic E-state index is 4.83. The molecule has 0 unspecified atom stereocenters. The summed E-state index contributed by atoms with van der Waals surface area (Å²) in [5, 5.41) is 3.53. The molecule has 0 atom stereocenters. The van der Waals surface area contributed by atoms with Crippen LogP contribution >= 0.6 is 0 Å².